The van der Waals surface area contributed by atoms with Crippen molar-refractivity contribution < 1.29 is 19.1 Å². The molecule has 0 bridgehead atoms. The molecule has 7 heteroatoms. The first-order valence-electron chi connectivity index (χ1n) is 5.35. The molecule has 2 spiro atoms. The maximum absolute atomic E-state index is 12.1. The highest BCUT2D eigenvalue weighted by atomic mass is 16.7. The lowest BCUT2D eigenvalue weighted by Crippen LogP contribution is -2.40. The number of nitrogens with one attached hydrogen (secondary N) is 3. The van der Waals surface area contributed by atoms with Crippen LogP contribution in [0.25, 0.3) is 0 Å². The van der Waals surface area contributed by atoms with Crippen LogP contribution in [0.2, 0.25) is 0 Å². The topological polar surface area (TPSA) is 99.8 Å². The maximum atomic E-state index is 12.1. The lowest BCUT2D eigenvalue weighted by molar-refractivity contribution is -0.130. The molecule has 3 amide bonds. The smallest absolute Gasteiger partial charge is 0.284 e. The van der Waals surface area contributed by atoms with E-state index in [4.69, 9.17) is 4.74 Å². The van der Waals surface area contributed by atoms with E-state index in [1.54, 1.807) is 24.3 Å². The molecule has 1 unspecified atom stereocenters. The molecular formula is C11H7N3O4. The molecule has 3 N–H and O–H groups in total. The Morgan fingerprint density at radius 1 is 0.889 bits per heavy atom. The van der Waals surface area contributed by atoms with Crippen LogP contribution in [0.3, 0.4) is 0 Å². The monoisotopic (exact) mass is 245 g/mol. The van der Waals surface area contributed by atoms with Crippen molar-refractivity contribution in [3.8, 4) is 0 Å². The fourth-order valence-corrected chi connectivity index (χ4v) is 2.69. The van der Waals surface area contributed by atoms with Crippen molar-refractivity contribution in [2.45, 2.75) is 11.2 Å². The number of hydrogen-bond acceptors (Lipinski definition) is 4. The van der Waals surface area contributed by atoms with E-state index < -0.39 is 28.9 Å². The largest absolute Gasteiger partial charge is 0.327 e. The number of benzene rings is 1. The summed E-state index contributed by atoms with van der Waals surface area (Å²) in [6.07, 6.45) is 0. The Labute approximate surface area is 100 Å². The summed E-state index contributed by atoms with van der Waals surface area (Å²) in [6.45, 7) is 0. The highest BCUT2D eigenvalue weighted by molar-refractivity contribution is 6.26. The minimum atomic E-state index is -1.76. The predicted molar refractivity (Wildman–Crippen MR) is 56.9 cm³/mol. The first-order valence-corrected chi connectivity index (χ1v) is 5.35. The van der Waals surface area contributed by atoms with Crippen LogP contribution in [0.15, 0.2) is 24.3 Å². The molecule has 90 valence electrons. The average Bonchev–Trinajstić information content (AvgIpc) is 2.91. The number of ether oxygens (including phenoxy) is 1. The second-order valence-electron chi connectivity index (χ2n) is 4.37. The van der Waals surface area contributed by atoms with Gasteiger partial charge in [-0.2, -0.15) is 0 Å². The van der Waals surface area contributed by atoms with Crippen molar-refractivity contribution in [2.75, 3.05) is 5.32 Å². The van der Waals surface area contributed by atoms with E-state index in [9.17, 15) is 14.4 Å². The van der Waals surface area contributed by atoms with Crippen molar-refractivity contribution in [3.63, 3.8) is 0 Å². The predicted octanol–water partition coefficient (Wildman–Crippen LogP) is -1.24. The Morgan fingerprint density at radius 3 is 2.28 bits per heavy atom. The lowest BCUT2D eigenvalue weighted by Gasteiger charge is -2.03. The summed E-state index contributed by atoms with van der Waals surface area (Å²) < 4.78 is 5.34. The Kier molecular flexibility index (Phi) is 1.35. The molecule has 18 heavy (non-hydrogen) atoms. The van der Waals surface area contributed by atoms with Gasteiger partial charge in [0.2, 0.25) is 5.60 Å². The molecule has 3 heterocycles. The van der Waals surface area contributed by atoms with Crippen LogP contribution in [-0.4, -0.2) is 23.3 Å². The summed E-state index contributed by atoms with van der Waals surface area (Å²) in [7, 11) is 0. The summed E-state index contributed by atoms with van der Waals surface area (Å²) >= 11 is 0. The summed E-state index contributed by atoms with van der Waals surface area (Å²) in [5, 5.41) is 2.62. The molecule has 3 aliphatic heterocycles. The molecule has 0 radical (unpaired) electrons. The number of para-hydroxylation sites is 1. The number of carbonyl (C=O) groups is 3. The minimum Gasteiger partial charge on any atom is -0.327 e. The van der Waals surface area contributed by atoms with Crippen molar-refractivity contribution in [3.05, 3.63) is 29.8 Å². The van der Waals surface area contributed by atoms with E-state index in [2.05, 4.69) is 16.2 Å². The third-order valence-electron chi connectivity index (χ3n) is 3.56. The van der Waals surface area contributed by atoms with Gasteiger partial charge in [-0.15, -0.1) is 0 Å². The van der Waals surface area contributed by atoms with Crippen LogP contribution in [-0.2, 0) is 24.7 Å². The number of hydrogen-bond donors (Lipinski definition) is 3. The number of rotatable bonds is 0. The van der Waals surface area contributed by atoms with Gasteiger partial charge in [0.1, 0.15) is 0 Å². The quantitative estimate of drug-likeness (QED) is 0.393. The molecule has 3 aliphatic rings. The third kappa shape index (κ3) is 0.723. The van der Waals surface area contributed by atoms with Crippen molar-refractivity contribution in [2.24, 2.45) is 0 Å². The molecule has 1 aromatic rings. The summed E-state index contributed by atoms with van der Waals surface area (Å²) in [6, 6.07) is 6.84. The lowest BCUT2D eigenvalue weighted by atomic mass is 9.86. The van der Waals surface area contributed by atoms with Crippen molar-refractivity contribution in [1.29, 1.82) is 0 Å². The van der Waals surface area contributed by atoms with Gasteiger partial charge in [0.25, 0.3) is 23.3 Å². The maximum Gasteiger partial charge on any atom is 0.284 e. The first kappa shape index (κ1) is 9.60. The standard InChI is InChI=1S/C11H7N3O4/c15-7-10(5-3-1-2-4-6(5)12-7)11(18-10)8(16)13-14-9(11)17/h1-4H,(H,12,15)(H,13,16)(H,14,17). The van der Waals surface area contributed by atoms with Crippen molar-refractivity contribution >= 4 is 23.4 Å². The molecule has 0 aromatic heterocycles. The van der Waals surface area contributed by atoms with Gasteiger partial charge in [0.05, 0.1) is 0 Å². The van der Waals surface area contributed by atoms with Gasteiger partial charge < -0.3 is 10.1 Å². The minimum absolute atomic E-state index is 0.490. The summed E-state index contributed by atoms with van der Waals surface area (Å²) in [5.41, 5.74) is 2.16. The van der Waals surface area contributed by atoms with Crippen LogP contribution >= 0.6 is 0 Å². The Balaban J connectivity index is 1.95. The van der Waals surface area contributed by atoms with Crippen LogP contribution < -0.4 is 16.2 Å². The summed E-state index contributed by atoms with van der Waals surface area (Å²) in [4.78, 5) is 35.6. The van der Waals surface area contributed by atoms with Crippen molar-refractivity contribution in [1.82, 2.24) is 10.9 Å². The molecule has 7 nitrogen and oxygen atoms in total. The van der Waals surface area contributed by atoms with E-state index in [-0.39, 0.29) is 0 Å². The van der Waals surface area contributed by atoms with E-state index in [1.165, 1.54) is 0 Å². The molecule has 1 aromatic carbocycles. The van der Waals surface area contributed by atoms with E-state index in [0.717, 1.165) is 0 Å². The zero-order valence-electron chi connectivity index (χ0n) is 8.94. The molecule has 0 aliphatic carbocycles. The molecule has 2 saturated heterocycles. The number of anilines is 1. The van der Waals surface area contributed by atoms with Gasteiger partial charge >= 0.3 is 0 Å². The van der Waals surface area contributed by atoms with Gasteiger partial charge in [0.15, 0.2) is 0 Å². The Bertz CT molecular complexity index is 625. The fraction of sp³-hybridized carbons (Fsp3) is 0.182. The zero-order valence-corrected chi connectivity index (χ0v) is 8.94. The van der Waals surface area contributed by atoms with E-state index in [0.29, 0.717) is 11.3 Å². The highest BCUT2D eigenvalue weighted by Gasteiger charge is 2.87. The first-order chi connectivity index (χ1) is 8.63. The molecule has 0 saturated carbocycles. The van der Waals surface area contributed by atoms with Crippen LogP contribution in [0, 0.1) is 0 Å². The zero-order chi connectivity index (χ0) is 12.5. The van der Waals surface area contributed by atoms with Gasteiger partial charge in [-0.3, -0.25) is 25.2 Å². The van der Waals surface area contributed by atoms with Gasteiger partial charge in [-0.25, -0.2) is 0 Å². The van der Waals surface area contributed by atoms with Gasteiger partial charge in [0, 0.05) is 11.3 Å². The van der Waals surface area contributed by atoms with Crippen LogP contribution in [0.5, 0.6) is 0 Å². The number of amides is 3. The van der Waals surface area contributed by atoms with Crippen LogP contribution in [0.4, 0.5) is 5.69 Å². The number of hydrazine groups is 1. The number of carbonyl (C=O) groups excluding carboxylic acids is 3. The summed E-state index contributed by atoms with van der Waals surface area (Å²) in [5.74, 6) is -1.77. The fourth-order valence-electron chi connectivity index (χ4n) is 2.69. The van der Waals surface area contributed by atoms with E-state index in [1.807, 2.05) is 0 Å². The highest BCUT2D eigenvalue weighted by Crippen LogP contribution is 2.61. The Morgan fingerprint density at radius 2 is 1.56 bits per heavy atom. The molecule has 1 atom stereocenters. The second-order valence-corrected chi connectivity index (χ2v) is 4.37. The Hall–Kier alpha value is -2.41. The molecular weight excluding hydrogens is 238 g/mol. The molecule has 4 rings (SSSR count). The van der Waals surface area contributed by atoms with Gasteiger partial charge in [-0.05, 0) is 6.07 Å². The normalized spacial score (nSPS) is 30.1. The van der Waals surface area contributed by atoms with Gasteiger partial charge in [-0.1, -0.05) is 18.2 Å². The number of epoxide rings is 1. The average molecular weight is 245 g/mol. The SMILES string of the molecule is O=C1NNC(=O)C12OC21C(=O)Nc2ccccc21. The number of fused-ring (bicyclic) bond motifs is 3. The third-order valence-corrected chi connectivity index (χ3v) is 3.56. The second kappa shape index (κ2) is 2.54. The molecule has 2 fully saturated rings. The van der Waals surface area contributed by atoms with E-state index >= 15 is 0 Å². The van der Waals surface area contributed by atoms with Crippen LogP contribution in [0.1, 0.15) is 5.56 Å².